The Balaban J connectivity index is 2.41. The van der Waals surface area contributed by atoms with Crippen LogP contribution in [0.5, 0.6) is 0 Å². The predicted octanol–water partition coefficient (Wildman–Crippen LogP) is 0.871. The van der Waals surface area contributed by atoms with Crippen molar-refractivity contribution in [1.82, 2.24) is 9.97 Å². The van der Waals surface area contributed by atoms with Gasteiger partial charge in [-0.25, -0.2) is 4.98 Å². The van der Waals surface area contributed by atoms with Crippen LogP contribution in [0.25, 0.3) is 0 Å². The number of aromatic nitrogens is 2. The Morgan fingerprint density at radius 2 is 1.74 bits per heavy atom. The zero-order chi connectivity index (χ0) is 13.9. The van der Waals surface area contributed by atoms with E-state index in [0.29, 0.717) is 11.4 Å². The van der Waals surface area contributed by atoms with Crippen molar-refractivity contribution in [3.8, 4) is 0 Å². The van der Waals surface area contributed by atoms with Gasteiger partial charge in [0.2, 0.25) is 5.03 Å². The average Bonchev–Trinajstić information content (AvgIpc) is 2.41. The summed E-state index contributed by atoms with van der Waals surface area (Å²) in [5, 5.41) is -0.166. The summed E-state index contributed by atoms with van der Waals surface area (Å²) in [6.07, 6.45) is 2.96. The van der Waals surface area contributed by atoms with E-state index < -0.39 is 10.0 Å². The monoisotopic (exact) mass is 279 g/mol. The minimum absolute atomic E-state index is 0.166. The van der Waals surface area contributed by atoms with Crippen molar-refractivity contribution in [2.24, 2.45) is 5.84 Å². The number of hydrogen-bond donors (Lipinski definition) is 3. The molecule has 0 atom stereocenters. The van der Waals surface area contributed by atoms with Crippen LogP contribution in [0.4, 0.5) is 11.4 Å². The maximum absolute atomic E-state index is 12.2. The van der Waals surface area contributed by atoms with E-state index in [1.807, 2.05) is 0 Å². The van der Waals surface area contributed by atoms with E-state index in [4.69, 9.17) is 5.84 Å². The van der Waals surface area contributed by atoms with Crippen LogP contribution in [0.1, 0.15) is 5.69 Å². The first-order valence-corrected chi connectivity index (χ1v) is 6.89. The number of pyridine rings is 2. The summed E-state index contributed by atoms with van der Waals surface area (Å²) in [6.45, 7) is 1.71. The Kier molecular flexibility index (Phi) is 3.63. The molecule has 0 aliphatic carbocycles. The van der Waals surface area contributed by atoms with Gasteiger partial charge in [-0.1, -0.05) is 0 Å². The van der Waals surface area contributed by atoms with Gasteiger partial charge in [-0.05, 0) is 31.2 Å². The molecule has 8 heteroatoms. The molecule has 0 saturated carbocycles. The highest BCUT2D eigenvalue weighted by molar-refractivity contribution is 7.92. The van der Waals surface area contributed by atoms with E-state index in [1.165, 1.54) is 12.3 Å². The summed E-state index contributed by atoms with van der Waals surface area (Å²) in [7, 11) is -3.82. The van der Waals surface area contributed by atoms with E-state index in [0.717, 1.165) is 0 Å². The molecule has 0 radical (unpaired) electrons. The van der Waals surface area contributed by atoms with Crippen molar-refractivity contribution in [2.75, 3.05) is 10.1 Å². The number of anilines is 2. The molecular weight excluding hydrogens is 266 g/mol. The van der Waals surface area contributed by atoms with Gasteiger partial charge >= 0.3 is 0 Å². The molecule has 0 saturated heterocycles. The first-order chi connectivity index (χ1) is 9.04. The largest absolute Gasteiger partial charge is 0.321 e. The van der Waals surface area contributed by atoms with E-state index >= 15 is 0 Å². The van der Waals surface area contributed by atoms with Crippen molar-refractivity contribution in [1.29, 1.82) is 0 Å². The maximum atomic E-state index is 12.2. The molecular formula is C11H13N5O2S. The fraction of sp³-hybridized carbons (Fsp3) is 0.0909. The minimum Gasteiger partial charge on any atom is -0.321 e. The number of nitrogens with two attached hydrogens (primary N) is 1. The van der Waals surface area contributed by atoms with E-state index in [1.54, 1.807) is 31.3 Å². The van der Waals surface area contributed by atoms with E-state index in [-0.39, 0.29) is 10.7 Å². The number of sulfonamides is 1. The molecule has 0 fully saturated rings. The molecule has 2 aromatic heterocycles. The standard InChI is InChI=1S/C11H13N5O2S/c1-8-9(4-2-6-13-8)16-19(17,18)11-10(15-12)5-3-7-14-11/h2-7,15-16H,12H2,1H3. The van der Waals surface area contributed by atoms with Crippen LogP contribution >= 0.6 is 0 Å². The van der Waals surface area contributed by atoms with Crippen LogP contribution in [0.2, 0.25) is 0 Å². The molecule has 4 N–H and O–H groups in total. The molecule has 7 nitrogen and oxygen atoms in total. The van der Waals surface area contributed by atoms with E-state index in [9.17, 15) is 8.42 Å². The van der Waals surface area contributed by atoms with Crippen molar-refractivity contribution in [2.45, 2.75) is 11.9 Å². The summed E-state index contributed by atoms with van der Waals surface area (Å²) >= 11 is 0. The summed E-state index contributed by atoms with van der Waals surface area (Å²) in [6, 6.07) is 6.38. The van der Waals surface area contributed by atoms with Crippen LogP contribution in [0, 0.1) is 6.92 Å². The van der Waals surface area contributed by atoms with Gasteiger partial charge < -0.3 is 5.43 Å². The Morgan fingerprint density at radius 3 is 2.37 bits per heavy atom. The highest BCUT2D eigenvalue weighted by Gasteiger charge is 2.20. The molecule has 0 spiro atoms. The molecule has 0 aliphatic rings. The van der Waals surface area contributed by atoms with Crippen LogP contribution in [-0.4, -0.2) is 18.4 Å². The summed E-state index contributed by atoms with van der Waals surface area (Å²) < 4.78 is 26.9. The Bertz CT molecular complexity index is 687. The normalized spacial score (nSPS) is 11.1. The third-order valence-electron chi connectivity index (χ3n) is 2.43. The van der Waals surface area contributed by atoms with Gasteiger partial charge in [0.1, 0.15) is 0 Å². The van der Waals surface area contributed by atoms with Gasteiger partial charge in [0.05, 0.1) is 17.1 Å². The molecule has 0 aliphatic heterocycles. The van der Waals surface area contributed by atoms with Crippen LogP contribution in [-0.2, 0) is 10.0 Å². The summed E-state index contributed by atoms with van der Waals surface area (Å²) in [4.78, 5) is 7.85. The Labute approximate surface area is 110 Å². The Morgan fingerprint density at radius 1 is 1.11 bits per heavy atom. The lowest BCUT2D eigenvalue weighted by molar-refractivity contribution is 0.598. The number of nitrogens with one attached hydrogen (secondary N) is 2. The highest BCUT2D eigenvalue weighted by Crippen LogP contribution is 2.21. The summed E-state index contributed by atoms with van der Waals surface area (Å²) in [5.74, 6) is 5.28. The quantitative estimate of drug-likeness (QED) is 0.566. The van der Waals surface area contributed by atoms with Gasteiger partial charge in [-0.3, -0.25) is 15.5 Å². The fourth-order valence-electron chi connectivity index (χ4n) is 1.50. The van der Waals surface area contributed by atoms with Crippen molar-refractivity contribution in [3.63, 3.8) is 0 Å². The third kappa shape index (κ3) is 2.80. The first-order valence-electron chi connectivity index (χ1n) is 5.40. The van der Waals surface area contributed by atoms with Gasteiger partial charge in [-0.15, -0.1) is 0 Å². The van der Waals surface area contributed by atoms with Crippen molar-refractivity contribution in [3.05, 3.63) is 42.4 Å². The summed E-state index contributed by atoms with van der Waals surface area (Å²) in [5.41, 5.74) is 3.50. The number of aryl methyl sites for hydroxylation is 1. The van der Waals surface area contributed by atoms with Crippen molar-refractivity contribution < 1.29 is 8.42 Å². The smallest absolute Gasteiger partial charge is 0.281 e. The second-order valence-electron chi connectivity index (χ2n) is 3.74. The molecule has 100 valence electrons. The number of hydrazine groups is 1. The maximum Gasteiger partial charge on any atom is 0.281 e. The Hall–Kier alpha value is -2.19. The van der Waals surface area contributed by atoms with Gasteiger partial charge in [-0.2, -0.15) is 8.42 Å². The average molecular weight is 279 g/mol. The predicted molar refractivity (Wildman–Crippen MR) is 71.8 cm³/mol. The molecule has 2 heterocycles. The lowest BCUT2D eigenvalue weighted by Crippen LogP contribution is -2.19. The fourth-order valence-corrected chi connectivity index (χ4v) is 2.72. The van der Waals surface area contributed by atoms with Crippen LogP contribution in [0.3, 0.4) is 0 Å². The SMILES string of the molecule is Cc1ncccc1NS(=O)(=O)c1ncccc1NN. The molecule has 0 bridgehead atoms. The number of nitrogens with zero attached hydrogens (tertiary/aromatic N) is 2. The van der Waals surface area contributed by atoms with Gasteiger partial charge in [0.15, 0.2) is 0 Å². The van der Waals surface area contributed by atoms with Crippen LogP contribution in [0.15, 0.2) is 41.7 Å². The molecule has 2 aromatic rings. The van der Waals surface area contributed by atoms with Crippen LogP contribution < -0.4 is 16.0 Å². The molecule has 0 amide bonds. The molecule has 0 unspecified atom stereocenters. The second kappa shape index (κ2) is 5.21. The topological polar surface area (TPSA) is 110 Å². The third-order valence-corrected chi connectivity index (χ3v) is 3.76. The lowest BCUT2D eigenvalue weighted by Gasteiger charge is -2.11. The van der Waals surface area contributed by atoms with E-state index in [2.05, 4.69) is 20.1 Å². The van der Waals surface area contributed by atoms with Gasteiger partial charge in [0.25, 0.3) is 10.0 Å². The zero-order valence-corrected chi connectivity index (χ0v) is 11.0. The second-order valence-corrected chi connectivity index (χ2v) is 5.34. The number of hydrogen-bond acceptors (Lipinski definition) is 6. The number of nitrogen functional groups attached to an aromatic ring is 1. The minimum atomic E-state index is -3.82. The molecule has 0 aromatic carbocycles. The number of rotatable bonds is 4. The highest BCUT2D eigenvalue weighted by atomic mass is 32.2. The molecule has 19 heavy (non-hydrogen) atoms. The lowest BCUT2D eigenvalue weighted by atomic mass is 10.3. The zero-order valence-electron chi connectivity index (χ0n) is 10.2. The van der Waals surface area contributed by atoms with Crippen molar-refractivity contribution >= 4 is 21.4 Å². The molecule has 2 rings (SSSR count). The van der Waals surface area contributed by atoms with Gasteiger partial charge in [0, 0.05) is 12.4 Å². The first kappa shape index (κ1) is 13.2.